The van der Waals surface area contributed by atoms with Gasteiger partial charge in [-0.1, -0.05) is 23.2 Å². The summed E-state index contributed by atoms with van der Waals surface area (Å²) in [5, 5.41) is -0.669. The highest BCUT2D eigenvalue weighted by atomic mass is 35.7. The molecule has 0 saturated carbocycles. The molecule has 10 heteroatoms. The molecule has 0 unspecified atom stereocenters. The van der Waals surface area contributed by atoms with Gasteiger partial charge in [0.2, 0.25) is 0 Å². The maximum absolute atomic E-state index is 12.6. The van der Waals surface area contributed by atoms with Crippen LogP contribution in [0.5, 0.6) is 11.5 Å². The van der Waals surface area contributed by atoms with Crippen molar-refractivity contribution in [1.82, 2.24) is 0 Å². The van der Waals surface area contributed by atoms with Crippen molar-refractivity contribution in [2.24, 2.45) is 0 Å². The molecule has 0 aromatic heterocycles. The van der Waals surface area contributed by atoms with Gasteiger partial charge in [0.05, 0.1) is 20.5 Å². The van der Waals surface area contributed by atoms with Crippen LogP contribution in [0, 0.1) is 0 Å². The van der Waals surface area contributed by atoms with E-state index in [4.69, 9.17) is 38.6 Å². The topological polar surface area (TPSA) is 43.4 Å². The number of hydrogen-bond donors (Lipinski definition) is 0. The van der Waals surface area contributed by atoms with E-state index in [1.54, 1.807) is 0 Å². The van der Waals surface area contributed by atoms with Crippen molar-refractivity contribution >= 4 is 42.9 Å². The van der Waals surface area contributed by atoms with Gasteiger partial charge < -0.3 is 4.74 Å². The Bertz CT molecular complexity index is 811. The molecule has 0 heterocycles. The van der Waals surface area contributed by atoms with Crippen molar-refractivity contribution < 1.29 is 26.3 Å². The standard InChI is InChI=1S/C13H6Cl3F3O3S/c14-10-5-7(13(17,18)19)6-11(15)12(10)22-8-1-3-9(4-2-8)23(16,20)21/h1-6H. The zero-order valence-electron chi connectivity index (χ0n) is 10.9. The molecular formula is C13H6Cl3F3O3S. The van der Waals surface area contributed by atoms with Crippen LogP contribution in [-0.4, -0.2) is 8.42 Å². The molecule has 124 valence electrons. The van der Waals surface area contributed by atoms with Crippen LogP contribution in [0.25, 0.3) is 0 Å². The molecule has 0 saturated heterocycles. The number of hydrogen-bond acceptors (Lipinski definition) is 3. The molecule has 0 radical (unpaired) electrons. The lowest BCUT2D eigenvalue weighted by molar-refractivity contribution is -0.137. The van der Waals surface area contributed by atoms with Crippen LogP contribution in [0.1, 0.15) is 5.56 Å². The molecule has 0 fully saturated rings. The van der Waals surface area contributed by atoms with Crippen LogP contribution in [0.3, 0.4) is 0 Å². The van der Waals surface area contributed by atoms with E-state index in [9.17, 15) is 21.6 Å². The van der Waals surface area contributed by atoms with Crippen molar-refractivity contribution in [2.75, 3.05) is 0 Å². The van der Waals surface area contributed by atoms with Crippen LogP contribution in [0.15, 0.2) is 41.3 Å². The van der Waals surface area contributed by atoms with Gasteiger partial charge in [0.25, 0.3) is 9.05 Å². The molecule has 2 aromatic carbocycles. The zero-order chi connectivity index (χ0) is 17.4. The molecular weight excluding hydrogens is 400 g/mol. The van der Waals surface area contributed by atoms with Gasteiger partial charge in [0, 0.05) is 10.7 Å². The summed E-state index contributed by atoms with van der Waals surface area (Å²) in [4.78, 5) is -0.156. The molecule has 0 amide bonds. The third-order valence-corrected chi connectivity index (χ3v) is 4.58. The summed E-state index contributed by atoms with van der Waals surface area (Å²) in [6.45, 7) is 0. The molecule has 2 rings (SSSR count). The summed E-state index contributed by atoms with van der Waals surface area (Å²) >= 11 is 11.5. The van der Waals surface area contributed by atoms with Crippen LogP contribution in [-0.2, 0) is 15.2 Å². The molecule has 23 heavy (non-hydrogen) atoms. The Labute approximate surface area is 144 Å². The number of rotatable bonds is 3. The van der Waals surface area contributed by atoms with Gasteiger partial charge in [0.1, 0.15) is 5.75 Å². The second-order valence-corrected chi connectivity index (χ2v) is 7.66. The van der Waals surface area contributed by atoms with Crippen molar-refractivity contribution in [3.8, 4) is 11.5 Å². The minimum Gasteiger partial charge on any atom is -0.454 e. The molecule has 0 spiro atoms. The van der Waals surface area contributed by atoms with Gasteiger partial charge in [0.15, 0.2) is 5.75 Å². The second kappa shape index (κ2) is 6.39. The van der Waals surface area contributed by atoms with E-state index in [1.165, 1.54) is 24.3 Å². The third kappa shape index (κ3) is 4.44. The Morgan fingerprint density at radius 2 is 1.43 bits per heavy atom. The predicted molar refractivity (Wildman–Crippen MR) is 81.0 cm³/mol. The highest BCUT2D eigenvalue weighted by Crippen LogP contribution is 2.41. The predicted octanol–water partition coefficient (Wildman–Crippen LogP) is 5.73. The summed E-state index contributed by atoms with van der Waals surface area (Å²) < 4.78 is 65.4. The zero-order valence-corrected chi connectivity index (χ0v) is 13.9. The fraction of sp³-hybridized carbons (Fsp3) is 0.0769. The monoisotopic (exact) mass is 404 g/mol. The second-order valence-electron chi connectivity index (χ2n) is 4.28. The minimum atomic E-state index is -4.60. The summed E-state index contributed by atoms with van der Waals surface area (Å²) in [6, 6.07) is 6.23. The molecule has 0 aliphatic rings. The Morgan fingerprint density at radius 3 is 1.83 bits per heavy atom. The summed E-state index contributed by atoms with van der Waals surface area (Å²) in [5.74, 6) is -0.0551. The average molecular weight is 406 g/mol. The van der Waals surface area contributed by atoms with E-state index in [0.717, 1.165) is 0 Å². The SMILES string of the molecule is O=S(=O)(Cl)c1ccc(Oc2c(Cl)cc(C(F)(F)F)cc2Cl)cc1. The highest BCUT2D eigenvalue weighted by molar-refractivity contribution is 8.13. The molecule has 0 bridgehead atoms. The lowest BCUT2D eigenvalue weighted by Crippen LogP contribution is -2.05. The Kier molecular flexibility index (Phi) is 5.06. The number of alkyl halides is 3. The lowest BCUT2D eigenvalue weighted by atomic mass is 10.2. The number of ether oxygens (including phenoxy) is 1. The van der Waals surface area contributed by atoms with Crippen molar-refractivity contribution in [3.05, 3.63) is 52.0 Å². The van der Waals surface area contributed by atoms with Gasteiger partial charge in [-0.15, -0.1) is 0 Å². The van der Waals surface area contributed by atoms with Gasteiger partial charge in [-0.3, -0.25) is 0 Å². The largest absolute Gasteiger partial charge is 0.454 e. The van der Waals surface area contributed by atoms with E-state index < -0.39 is 20.8 Å². The molecule has 0 atom stereocenters. The van der Waals surface area contributed by atoms with Crippen LogP contribution < -0.4 is 4.74 Å². The quantitative estimate of drug-likeness (QED) is 0.612. The van der Waals surface area contributed by atoms with Crippen molar-refractivity contribution in [2.45, 2.75) is 11.1 Å². The molecule has 0 N–H and O–H groups in total. The number of halogens is 6. The molecule has 3 nitrogen and oxygen atoms in total. The highest BCUT2D eigenvalue weighted by Gasteiger charge is 2.32. The normalized spacial score (nSPS) is 12.3. The van der Waals surface area contributed by atoms with E-state index in [0.29, 0.717) is 12.1 Å². The maximum atomic E-state index is 12.6. The first-order valence-electron chi connectivity index (χ1n) is 5.77. The van der Waals surface area contributed by atoms with E-state index >= 15 is 0 Å². The van der Waals surface area contributed by atoms with E-state index in [-0.39, 0.29) is 26.4 Å². The third-order valence-electron chi connectivity index (χ3n) is 2.65. The first kappa shape index (κ1) is 18.2. The van der Waals surface area contributed by atoms with Gasteiger partial charge >= 0.3 is 6.18 Å². The number of benzene rings is 2. The first-order valence-corrected chi connectivity index (χ1v) is 8.84. The molecule has 0 aliphatic carbocycles. The van der Waals surface area contributed by atoms with Crippen LogP contribution >= 0.6 is 33.9 Å². The molecule has 2 aromatic rings. The van der Waals surface area contributed by atoms with Gasteiger partial charge in [-0.05, 0) is 36.4 Å². The maximum Gasteiger partial charge on any atom is 0.416 e. The van der Waals surface area contributed by atoms with Crippen molar-refractivity contribution in [1.29, 1.82) is 0 Å². The Hall–Kier alpha value is -1.15. The van der Waals surface area contributed by atoms with Gasteiger partial charge in [-0.25, -0.2) is 8.42 Å². The van der Waals surface area contributed by atoms with Crippen molar-refractivity contribution in [3.63, 3.8) is 0 Å². The van der Waals surface area contributed by atoms with E-state index in [2.05, 4.69) is 0 Å². The van der Waals surface area contributed by atoms with Crippen LogP contribution in [0.4, 0.5) is 13.2 Å². The Balaban J connectivity index is 2.34. The fourth-order valence-corrected chi connectivity index (χ4v) is 2.94. The summed E-state index contributed by atoms with van der Waals surface area (Å²) in [6.07, 6.45) is -4.60. The van der Waals surface area contributed by atoms with Gasteiger partial charge in [-0.2, -0.15) is 13.2 Å². The Morgan fingerprint density at radius 1 is 0.957 bits per heavy atom. The van der Waals surface area contributed by atoms with E-state index in [1.807, 2.05) is 0 Å². The summed E-state index contributed by atoms with van der Waals surface area (Å²) in [5.41, 5.74) is -1.01. The summed E-state index contributed by atoms with van der Waals surface area (Å²) in [7, 11) is 1.27. The molecule has 0 aliphatic heterocycles. The first-order chi connectivity index (χ1) is 10.5. The minimum absolute atomic E-state index is 0.123. The average Bonchev–Trinajstić information content (AvgIpc) is 2.41. The fourth-order valence-electron chi connectivity index (χ4n) is 1.61. The van der Waals surface area contributed by atoms with Crippen LogP contribution in [0.2, 0.25) is 10.0 Å². The smallest absolute Gasteiger partial charge is 0.416 e. The lowest BCUT2D eigenvalue weighted by Gasteiger charge is -2.13.